The third kappa shape index (κ3) is 6.18. The van der Waals surface area contributed by atoms with Crippen molar-refractivity contribution in [1.82, 2.24) is 19.8 Å². The highest BCUT2D eigenvalue weighted by atomic mass is 16.6. The van der Waals surface area contributed by atoms with Crippen molar-refractivity contribution >= 4 is 34.4 Å². The van der Waals surface area contributed by atoms with E-state index in [2.05, 4.69) is 71.7 Å². The first kappa shape index (κ1) is 33.0. The van der Waals surface area contributed by atoms with Crippen molar-refractivity contribution in [2.45, 2.75) is 109 Å². The number of hydrogen-bond acceptors (Lipinski definition) is 6. The van der Waals surface area contributed by atoms with E-state index in [-0.39, 0.29) is 36.4 Å². The lowest BCUT2D eigenvalue weighted by molar-refractivity contribution is 0.0173. The number of nitrogens with one attached hydrogen (secondary N) is 1. The zero-order valence-corrected chi connectivity index (χ0v) is 30.8. The van der Waals surface area contributed by atoms with Crippen molar-refractivity contribution < 1.29 is 19.1 Å². The van der Waals surface area contributed by atoms with Crippen molar-refractivity contribution in [3.8, 4) is 22.4 Å². The number of H-pyrrole nitrogens is 1. The molecule has 9 rings (SSSR count). The van der Waals surface area contributed by atoms with Crippen LogP contribution in [-0.2, 0) is 9.47 Å². The van der Waals surface area contributed by atoms with Crippen LogP contribution in [-0.4, -0.2) is 67.0 Å². The number of benzene rings is 3. The number of imidazole rings is 1. The molecule has 52 heavy (non-hydrogen) atoms. The molecule has 2 aliphatic carbocycles. The SMILES string of the molecule is CC(C)(C)OC(=O)N1[C@@H]2C[C@@H]2C[C@H]1C1=NC(c2cccc(-c3ccc4cc(-c5cnc([C@@H]6C[C@H]7C[C@H]7N6C(=O)OC(C)(C)C)[nH]5)ccc4c3)c2)=CC1. The molecule has 6 atom stereocenters. The van der Waals surface area contributed by atoms with E-state index < -0.39 is 11.2 Å². The van der Waals surface area contributed by atoms with Gasteiger partial charge in [-0.1, -0.05) is 48.5 Å². The summed E-state index contributed by atoms with van der Waals surface area (Å²) in [5, 5.41) is 2.30. The molecule has 2 saturated heterocycles. The quantitative estimate of drug-likeness (QED) is 0.224. The summed E-state index contributed by atoms with van der Waals surface area (Å²) in [5.41, 5.74) is 6.32. The molecule has 0 unspecified atom stereocenters. The Balaban J connectivity index is 0.910. The first-order valence-electron chi connectivity index (χ1n) is 18.8. The molecule has 1 aromatic heterocycles. The van der Waals surface area contributed by atoms with Crippen LogP contribution >= 0.6 is 0 Å². The van der Waals surface area contributed by atoms with Gasteiger partial charge in [-0.15, -0.1) is 0 Å². The summed E-state index contributed by atoms with van der Waals surface area (Å²) in [4.78, 5) is 43.5. The van der Waals surface area contributed by atoms with E-state index in [0.717, 1.165) is 88.1 Å². The van der Waals surface area contributed by atoms with Gasteiger partial charge in [-0.3, -0.25) is 14.8 Å². The Morgan fingerprint density at radius 1 is 0.712 bits per heavy atom. The molecule has 3 aromatic carbocycles. The highest BCUT2D eigenvalue weighted by Gasteiger charge is 2.57. The van der Waals surface area contributed by atoms with Crippen LogP contribution < -0.4 is 0 Å². The zero-order valence-electron chi connectivity index (χ0n) is 30.8. The number of amides is 2. The van der Waals surface area contributed by atoms with Crippen molar-refractivity contribution in [3.05, 3.63) is 84.3 Å². The molecule has 0 radical (unpaired) electrons. The monoisotopic (exact) mass is 697 g/mol. The van der Waals surface area contributed by atoms with E-state index in [0.29, 0.717) is 11.8 Å². The lowest BCUT2D eigenvalue weighted by Gasteiger charge is -2.30. The zero-order chi connectivity index (χ0) is 36.1. The number of ether oxygens (including phenoxy) is 2. The molecule has 5 aliphatic rings. The number of carbonyl (C=O) groups excluding carboxylic acids is 2. The predicted molar refractivity (Wildman–Crippen MR) is 203 cm³/mol. The van der Waals surface area contributed by atoms with Gasteiger partial charge in [0.05, 0.1) is 29.7 Å². The Morgan fingerprint density at radius 3 is 1.96 bits per heavy atom. The number of allylic oxidation sites excluding steroid dienone is 1. The molecular formula is C43H47N5O4. The fourth-order valence-corrected chi connectivity index (χ4v) is 8.55. The molecule has 4 aromatic rings. The third-order valence-electron chi connectivity index (χ3n) is 11.1. The number of rotatable bonds is 5. The van der Waals surface area contributed by atoms with Gasteiger partial charge in [0.25, 0.3) is 0 Å². The van der Waals surface area contributed by atoms with E-state index in [1.807, 2.05) is 57.5 Å². The molecule has 4 fully saturated rings. The van der Waals surface area contributed by atoms with Crippen molar-refractivity contribution in [2.75, 3.05) is 0 Å². The fourth-order valence-electron chi connectivity index (χ4n) is 8.55. The first-order valence-corrected chi connectivity index (χ1v) is 18.8. The number of aromatic nitrogens is 2. The summed E-state index contributed by atoms with van der Waals surface area (Å²) in [5.74, 6) is 1.91. The van der Waals surface area contributed by atoms with Crippen LogP contribution in [0.15, 0.2) is 77.9 Å². The molecule has 1 N–H and O–H groups in total. The number of aromatic amines is 1. The van der Waals surface area contributed by atoms with Gasteiger partial charge < -0.3 is 14.5 Å². The average molecular weight is 698 g/mol. The molecular weight excluding hydrogens is 651 g/mol. The number of aliphatic imine (C=N–C) groups is 1. The van der Waals surface area contributed by atoms with Crippen LogP contribution in [0.5, 0.6) is 0 Å². The second kappa shape index (κ2) is 11.8. The standard InChI is InChI=1S/C43H47N5O4/c1-42(2,3)51-40(49)47-35-19-30(35)21-37(47)33-15-14-32(45-33)28-9-7-8-24(17-28)25-10-11-27-18-29(13-12-26(27)16-25)34-23-44-39(46-34)38-22-31-20-36(31)48(38)41(50)52-43(4,5)6/h7-14,16-18,23,30-31,35-38H,15,19-22H2,1-6H3,(H,44,46)/t30-,31-,35-,36-,37+,38+/m1/s1. The molecule has 2 amide bonds. The highest BCUT2D eigenvalue weighted by Crippen LogP contribution is 2.54. The molecule has 3 aliphatic heterocycles. The normalized spacial score (nSPS) is 26.2. The lowest BCUT2D eigenvalue weighted by atomic mass is 9.97. The van der Waals surface area contributed by atoms with Gasteiger partial charge in [0.15, 0.2) is 0 Å². The van der Waals surface area contributed by atoms with Gasteiger partial charge in [-0.25, -0.2) is 14.6 Å². The van der Waals surface area contributed by atoms with Crippen molar-refractivity contribution in [2.24, 2.45) is 16.8 Å². The minimum atomic E-state index is -0.535. The molecule has 268 valence electrons. The largest absolute Gasteiger partial charge is 0.444 e. The Kier molecular flexibility index (Phi) is 7.48. The molecule has 0 spiro atoms. The predicted octanol–water partition coefficient (Wildman–Crippen LogP) is 9.55. The maximum absolute atomic E-state index is 13.1. The van der Waals surface area contributed by atoms with Gasteiger partial charge in [0.2, 0.25) is 0 Å². The van der Waals surface area contributed by atoms with Gasteiger partial charge in [0, 0.05) is 35.3 Å². The second-order valence-corrected chi connectivity index (χ2v) is 17.3. The van der Waals surface area contributed by atoms with Crippen molar-refractivity contribution in [1.29, 1.82) is 0 Å². The summed E-state index contributed by atoms with van der Waals surface area (Å²) in [6, 6.07) is 22.1. The second-order valence-electron chi connectivity index (χ2n) is 17.3. The third-order valence-corrected chi connectivity index (χ3v) is 11.1. The van der Waals surface area contributed by atoms with Crippen molar-refractivity contribution in [3.63, 3.8) is 0 Å². The van der Waals surface area contributed by atoms with Gasteiger partial charge in [-0.2, -0.15) is 0 Å². The first-order chi connectivity index (χ1) is 24.8. The maximum Gasteiger partial charge on any atom is 0.411 e. The molecule has 9 heteroatoms. The van der Waals surface area contributed by atoms with E-state index in [1.165, 1.54) is 0 Å². The van der Waals surface area contributed by atoms with Crippen LogP contribution in [0.2, 0.25) is 0 Å². The minimum Gasteiger partial charge on any atom is -0.444 e. The average Bonchev–Trinajstić information content (AvgIpc) is 3.68. The van der Waals surface area contributed by atoms with E-state index in [1.54, 1.807) is 0 Å². The summed E-state index contributed by atoms with van der Waals surface area (Å²) < 4.78 is 11.5. The van der Waals surface area contributed by atoms with E-state index >= 15 is 0 Å². The maximum atomic E-state index is 13.1. The Labute approximate surface area is 305 Å². The van der Waals surface area contributed by atoms with Crippen LogP contribution in [0.3, 0.4) is 0 Å². The molecule has 2 saturated carbocycles. The summed E-state index contributed by atoms with van der Waals surface area (Å²) in [6.07, 6.45) is 8.35. The highest BCUT2D eigenvalue weighted by molar-refractivity contribution is 6.01. The number of fused-ring (bicyclic) bond motifs is 3. The van der Waals surface area contributed by atoms with Crippen LogP contribution in [0, 0.1) is 11.8 Å². The number of nitrogens with zero attached hydrogens (tertiary/aromatic N) is 4. The number of piperidine rings is 2. The molecule has 4 heterocycles. The fraction of sp³-hybridized carbons (Fsp3) is 0.442. The topological polar surface area (TPSA) is 100 Å². The Bertz CT molecular complexity index is 2170. The van der Waals surface area contributed by atoms with E-state index in [4.69, 9.17) is 19.5 Å². The van der Waals surface area contributed by atoms with Crippen LogP contribution in [0.25, 0.3) is 38.9 Å². The smallest absolute Gasteiger partial charge is 0.411 e. The van der Waals surface area contributed by atoms with E-state index in [9.17, 15) is 9.59 Å². The van der Waals surface area contributed by atoms with Gasteiger partial charge >= 0.3 is 12.2 Å². The van der Waals surface area contributed by atoms with Gasteiger partial charge in [-0.05, 0) is 119 Å². The summed E-state index contributed by atoms with van der Waals surface area (Å²) in [6.45, 7) is 11.5. The minimum absolute atomic E-state index is 0.00874. The van der Waals surface area contributed by atoms with Crippen LogP contribution in [0.1, 0.15) is 91.1 Å². The number of hydrogen-bond donors (Lipinski definition) is 1. The summed E-state index contributed by atoms with van der Waals surface area (Å²) >= 11 is 0. The Morgan fingerprint density at radius 2 is 1.29 bits per heavy atom. The van der Waals surface area contributed by atoms with Gasteiger partial charge in [0.1, 0.15) is 17.0 Å². The molecule has 0 bridgehead atoms. The van der Waals surface area contributed by atoms with Crippen LogP contribution in [0.4, 0.5) is 9.59 Å². The Hall–Kier alpha value is -4.92. The summed E-state index contributed by atoms with van der Waals surface area (Å²) in [7, 11) is 0. The number of likely N-dealkylation sites (tertiary alicyclic amines) is 2. The lowest BCUT2D eigenvalue weighted by Crippen LogP contribution is -2.45. The number of carbonyl (C=O) groups is 2. The molecule has 9 nitrogen and oxygen atoms in total.